The molecular weight excluding hydrogens is 174 g/mol. The zero-order chi connectivity index (χ0) is 8.55. The quantitative estimate of drug-likeness (QED) is 0.598. The van der Waals surface area contributed by atoms with Gasteiger partial charge in [-0.25, -0.2) is 4.21 Å². The van der Waals surface area contributed by atoms with E-state index in [1.807, 2.05) is 18.2 Å². The van der Waals surface area contributed by atoms with Crippen molar-refractivity contribution in [3.63, 3.8) is 0 Å². The number of hydrogen-bond donors (Lipinski definition) is 1. The van der Waals surface area contributed by atoms with E-state index in [1.54, 1.807) is 0 Å². The minimum atomic E-state index is -1.28. The lowest BCUT2D eigenvalue weighted by molar-refractivity contribution is -0.120. The summed E-state index contributed by atoms with van der Waals surface area (Å²) in [6, 6.07) is 0. The normalized spacial score (nSPS) is 33.7. The lowest BCUT2D eigenvalue weighted by Crippen LogP contribution is -2.36. The van der Waals surface area contributed by atoms with Crippen LogP contribution in [-0.2, 0) is 15.8 Å². The predicted octanol–water partition coefficient (Wildman–Crippen LogP) is 0.630. The molecule has 1 saturated heterocycles. The number of amides is 1. The average molecular weight is 183 g/mol. The first-order valence-corrected chi connectivity index (χ1v) is 5.00. The Morgan fingerprint density at radius 2 is 2.42 bits per heavy atom. The fourth-order valence-electron chi connectivity index (χ4n) is 1.48. The zero-order valence-electron chi connectivity index (χ0n) is 6.45. The lowest BCUT2D eigenvalue weighted by atomic mass is 9.96. The molecule has 2 aliphatic rings. The monoisotopic (exact) mass is 183 g/mol. The van der Waals surface area contributed by atoms with Gasteiger partial charge in [0.15, 0.2) is 0 Å². The summed E-state index contributed by atoms with van der Waals surface area (Å²) in [6.45, 7) is 0. The van der Waals surface area contributed by atoms with Crippen molar-refractivity contribution >= 4 is 16.9 Å². The van der Waals surface area contributed by atoms with Crippen molar-refractivity contribution in [2.45, 2.75) is 12.8 Å². The van der Waals surface area contributed by atoms with Crippen molar-refractivity contribution < 1.29 is 9.00 Å². The van der Waals surface area contributed by atoms with Gasteiger partial charge in [0.25, 0.3) is 0 Å². The van der Waals surface area contributed by atoms with Crippen molar-refractivity contribution in [1.29, 1.82) is 0 Å². The number of rotatable bonds is 0. The molecule has 0 aromatic rings. The molecule has 0 bridgehead atoms. The number of fused-ring (bicyclic) bond motifs is 1. The third-order valence-electron chi connectivity index (χ3n) is 2.07. The molecule has 1 N–H and O–H groups in total. The molecule has 3 nitrogen and oxygen atoms in total. The Balaban J connectivity index is 2.30. The average Bonchev–Trinajstić information content (AvgIpc) is 2.04. The van der Waals surface area contributed by atoms with Gasteiger partial charge in [-0.05, 0) is 12.5 Å². The Morgan fingerprint density at radius 3 is 3.25 bits per heavy atom. The van der Waals surface area contributed by atoms with Crippen LogP contribution in [0.1, 0.15) is 12.8 Å². The van der Waals surface area contributed by atoms with Crippen molar-refractivity contribution in [3.05, 3.63) is 23.1 Å². The molecule has 0 spiro atoms. The molecule has 0 aromatic carbocycles. The minimum absolute atomic E-state index is 0.106. The van der Waals surface area contributed by atoms with E-state index in [-0.39, 0.29) is 11.8 Å². The van der Waals surface area contributed by atoms with Crippen LogP contribution in [0, 0.1) is 5.92 Å². The Kier molecular flexibility index (Phi) is 1.84. The summed E-state index contributed by atoms with van der Waals surface area (Å²) in [5.41, 5.74) is 0. The number of allylic oxidation sites excluding steroid dienone is 4. The minimum Gasteiger partial charge on any atom is -0.274 e. The second-order valence-electron chi connectivity index (χ2n) is 2.93. The Labute approximate surface area is 73.1 Å². The zero-order valence-corrected chi connectivity index (χ0v) is 7.26. The highest BCUT2D eigenvalue weighted by Crippen LogP contribution is 2.28. The van der Waals surface area contributed by atoms with Gasteiger partial charge in [0.1, 0.15) is 11.0 Å². The Bertz CT molecular complexity index is 306. The molecule has 1 aliphatic heterocycles. The summed E-state index contributed by atoms with van der Waals surface area (Å²) < 4.78 is 13.7. The molecule has 2 atom stereocenters. The van der Waals surface area contributed by atoms with E-state index in [0.717, 1.165) is 11.3 Å². The largest absolute Gasteiger partial charge is 0.274 e. The lowest BCUT2D eigenvalue weighted by Gasteiger charge is -2.24. The maximum Gasteiger partial charge on any atom is 0.232 e. The summed E-state index contributed by atoms with van der Waals surface area (Å²) in [6.07, 6.45) is 7.04. The van der Waals surface area contributed by atoms with Crippen molar-refractivity contribution in [3.8, 4) is 0 Å². The third kappa shape index (κ3) is 1.22. The second-order valence-corrected chi connectivity index (χ2v) is 4.14. The van der Waals surface area contributed by atoms with Crippen LogP contribution in [0.25, 0.3) is 0 Å². The van der Waals surface area contributed by atoms with Crippen LogP contribution in [0.4, 0.5) is 0 Å². The van der Waals surface area contributed by atoms with Gasteiger partial charge in [0.05, 0.1) is 0 Å². The summed E-state index contributed by atoms with van der Waals surface area (Å²) in [7, 11) is -1.28. The second kappa shape index (κ2) is 2.86. The summed E-state index contributed by atoms with van der Waals surface area (Å²) in [5, 5.41) is 0. The van der Waals surface area contributed by atoms with E-state index in [2.05, 4.69) is 4.72 Å². The van der Waals surface area contributed by atoms with Crippen LogP contribution in [0.15, 0.2) is 23.1 Å². The number of hydrogen-bond acceptors (Lipinski definition) is 2. The van der Waals surface area contributed by atoms with Crippen LogP contribution in [0.3, 0.4) is 0 Å². The third-order valence-corrected chi connectivity index (χ3v) is 3.38. The number of nitrogens with one attached hydrogen (secondary N) is 1. The van der Waals surface area contributed by atoms with Crippen molar-refractivity contribution in [1.82, 2.24) is 4.72 Å². The Morgan fingerprint density at radius 1 is 1.58 bits per heavy atom. The highest BCUT2D eigenvalue weighted by atomic mass is 32.2. The molecule has 0 aromatic heterocycles. The number of carbonyl (C=O) groups is 1. The van der Waals surface area contributed by atoms with Crippen LogP contribution in [-0.4, -0.2) is 10.1 Å². The molecular formula is C8H9NO2S. The maximum absolute atomic E-state index is 11.3. The highest BCUT2D eigenvalue weighted by Gasteiger charge is 2.29. The van der Waals surface area contributed by atoms with Gasteiger partial charge in [-0.1, -0.05) is 12.2 Å². The SMILES string of the molecule is O=C1CC2CC=CC=C2S(=O)N1. The molecule has 1 heterocycles. The molecule has 1 fully saturated rings. The van der Waals surface area contributed by atoms with Crippen molar-refractivity contribution in [2.24, 2.45) is 5.92 Å². The van der Waals surface area contributed by atoms with E-state index in [0.29, 0.717) is 6.42 Å². The van der Waals surface area contributed by atoms with Crippen LogP contribution >= 0.6 is 0 Å². The molecule has 12 heavy (non-hydrogen) atoms. The maximum atomic E-state index is 11.3. The smallest absolute Gasteiger partial charge is 0.232 e. The highest BCUT2D eigenvalue weighted by molar-refractivity contribution is 7.87. The first-order valence-electron chi connectivity index (χ1n) is 3.85. The molecule has 0 radical (unpaired) electrons. The Hall–Kier alpha value is -0.900. The molecule has 0 saturated carbocycles. The van der Waals surface area contributed by atoms with Crippen LogP contribution in [0.2, 0.25) is 0 Å². The summed E-state index contributed by atoms with van der Waals surface area (Å²) >= 11 is 0. The molecule has 64 valence electrons. The van der Waals surface area contributed by atoms with Gasteiger partial charge in [0.2, 0.25) is 5.91 Å². The molecule has 2 unspecified atom stereocenters. The van der Waals surface area contributed by atoms with Crippen molar-refractivity contribution in [2.75, 3.05) is 0 Å². The summed E-state index contributed by atoms with van der Waals surface area (Å²) in [5.74, 6) is 0.0652. The fraction of sp³-hybridized carbons (Fsp3) is 0.375. The van der Waals surface area contributed by atoms with E-state index >= 15 is 0 Å². The van der Waals surface area contributed by atoms with Gasteiger partial charge in [-0.2, -0.15) is 0 Å². The van der Waals surface area contributed by atoms with Crippen LogP contribution < -0.4 is 4.72 Å². The molecule has 4 heteroatoms. The molecule has 2 rings (SSSR count). The van der Waals surface area contributed by atoms with Gasteiger partial charge in [-0.15, -0.1) is 0 Å². The van der Waals surface area contributed by atoms with E-state index < -0.39 is 11.0 Å². The van der Waals surface area contributed by atoms with Gasteiger partial charge in [-0.3, -0.25) is 9.52 Å². The van der Waals surface area contributed by atoms with E-state index in [9.17, 15) is 9.00 Å². The van der Waals surface area contributed by atoms with Gasteiger partial charge >= 0.3 is 0 Å². The molecule has 1 amide bonds. The van der Waals surface area contributed by atoms with E-state index in [4.69, 9.17) is 0 Å². The van der Waals surface area contributed by atoms with Gasteiger partial charge in [0, 0.05) is 17.2 Å². The first-order chi connectivity index (χ1) is 5.77. The van der Waals surface area contributed by atoms with Gasteiger partial charge < -0.3 is 0 Å². The molecule has 1 aliphatic carbocycles. The van der Waals surface area contributed by atoms with E-state index in [1.165, 1.54) is 0 Å². The van der Waals surface area contributed by atoms with Crippen LogP contribution in [0.5, 0.6) is 0 Å². The topological polar surface area (TPSA) is 46.2 Å². The standard InChI is InChI=1S/C8H9NO2S/c10-8-5-6-3-1-2-4-7(6)12(11)9-8/h1-2,4,6H,3,5H2,(H,9,10). The predicted molar refractivity (Wildman–Crippen MR) is 46.2 cm³/mol. The summed E-state index contributed by atoms with van der Waals surface area (Å²) in [4.78, 5) is 11.8. The number of carbonyl (C=O) groups excluding carboxylic acids is 1. The first kappa shape index (κ1) is 7.73. The fourth-order valence-corrected chi connectivity index (χ4v) is 2.58.